The number of nitrogens with one attached hydrogen (secondary N) is 1. The standard InChI is InChI=1S/C24H20N2O5/c1-29-18-9-10-19(21(12-18)30-2)20-13-24(31-25-20)14-22(27)26(23(24)28)17-8-7-15-5-3-4-6-16(15)11-17/h3-13,25H,14H2,1-2H3/t24-/m0/s1. The highest BCUT2D eigenvalue weighted by molar-refractivity contribution is 6.25. The molecule has 0 saturated carbocycles. The topological polar surface area (TPSA) is 77.1 Å². The lowest BCUT2D eigenvalue weighted by Crippen LogP contribution is -2.40. The molecule has 5 rings (SSSR count). The molecule has 0 aromatic heterocycles. The molecule has 2 aliphatic heterocycles. The molecule has 0 aliphatic carbocycles. The predicted molar refractivity (Wildman–Crippen MR) is 116 cm³/mol. The minimum absolute atomic E-state index is 0.0897. The first-order chi connectivity index (χ1) is 15.0. The van der Waals surface area contributed by atoms with Crippen LogP contribution in [0.25, 0.3) is 16.5 Å². The molecule has 1 atom stereocenters. The van der Waals surface area contributed by atoms with Crippen molar-refractivity contribution in [1.82, 2.24) is 5.48 Å². The molecule has 3 aromatic carbocycles. The van der Waals surface area contributed by atoms with Crippen LogP contribution in [0, 0.1) is 0 Å². The van der Waals surface area contributed by atoms with Crippen molar-refractivity contribution in [1.29, 1.82) is 0 Å². The molecule has 1 N–H and O–H groups in total. The molecule has 2 amide bonds. The van der Waals surface area contributed by atoms with Gasteiger partial charge in [-0.05, 0) is 41.1 Å². The zero-order chi connectivity index (χ0) is 21.6. The molecule has 3 aromatic rings. The van der Waals surface area contributed by atoms with Crippen molar-refractivity contribution < 1.29 is 23.9 Å². The number of anilines is 1. The summed E-state index contributed by atoms with van der Waals surface area (Å²) in [6.07, 6.45) is 1.56. The Morgan fingerprint density at radius 2 is 1.77 bits per heavy atom. The molecule has 2 aliphatic rings. The second-order valence-electron chi connectivity index (χ2n) is 7.46. The van der Waals surface area contributed by atoms with Gasteiger partial charge in [-0.1, -0.05) is 30.3 Å². The minimum atomic E-state index is -1.40. The first kappa shape index (κ1) is 19.1. The zero-order valence-electron chi connectivity index (χ0n) is 17.0. The van der Waals surface area contributed by atoms with Crippen LogP contribution in [0.4, 0.5) is 5.69 Å². The van der Waals surface area contributed by atoms with Gasteiger partial charge >= 0.3 is 0 Å². The highest BCUT2D eigenvalue weighted by atomic mass is 16.7. The third-order valence-electron chi connectivity index (χ3n) is 5.64. The number of hydroxylamine groups is 1. The number of benzene rings is 3. The molecule has 1 spiro atoms. The quantitative estimate of drug-likeness (QED) is 0.657. The molecule has 0 bridgehead atoms. The van der Waals surface area contributed by atoms with Gasteiger partial charge in [-0.25, -0.2) is 4.90 Å². The van der Waals surface area contributed by atoms with Gasteiger partial charge in [0.15, 0.2) is 0 Å². The summed E-state index contributed by atoms with van der Waals surface area (Å²) < 4.78 is 10.7. The molecule has 0 unspecified atom stereocenters. The van der Waals surface area contributed by atoms with Gasteiger partial charge in [-0.15, -0.1) is 0 Å². The largest absolute Gasteiger partial charge is 0.497 e. The Kier molecular flexibility index (Phi) is 4.41. The number of carbonyl (C=O) groups excluding carboxylic acids is 2. The summed E-state index contributed by atoms with van der Waals surface area (Å²) in [5.74, 6) is 0.454. The Bertz CT molecular complexity index is 1250. The van der Waals surface area contributed by atoms with E-state index in [0.29, 0.717) is 28.4 Å². The van der Waals surface area contributed by atoms with E-state index in [4.69, 9.17) is 14.3 Å². The molecule has 7 heteroatoms. The minimum Gasteiger partial charge on any atom is -0.497 e. The molecule has 2 heterocycles. The first-order valence-corrected chi connectivity index (χ1v) is 9.80. The Labute approximate surface area is 178 Å². The normalized spacial score (nSPS) is 20.3. The average molecular weight is 416 g/mol. The number of rotatable bonds is 4. The van der Waals surface area contributed by atoms with Crippen LogP contribution in [0.15, 0.2) is 66.7 Å². The SMILES string of the molecule is COc1ccc(C2=C[C@@]3(CC(=O)N(c4ccc5ccccc5c4)C3=O)ON2)c(OC)c1. The van der Waals surface area contributed by atoms with E-state index in [-0.39, 0.29) is 12.3 Å². The average Bonchev–Trinajstić information content (AvgIpc) is 3.33. The van der Waals surface area contributed by atoms with Crippen molar-refractivity contribution >= 4 is 34.0 Å². The second kappa shape index (κ2) is 7.14. The Balaban J connectivity index is 1.51. The van der Waals surface area contributed by atoms with Crippen LogP contribution in [0.3, 0.4) is 0 Å². The van der Waals surface area contributed by atoms with Crippen LogP contribution in [-0.2, 0) is 14.4 Å². The lowest BCUT2D eigenvalue weighted by Gasteiger charge is -2.19. The van der Waals surface area contributed by atoms with Gasteiger partial charge in [0, 0.05) is 11.6 Å². The van der Waals surface area contributed by atoms with E-state index in [9.17, 15) is 9.59 Å². The van der Waals surface area contributed by atoms with E-state index in [1.54, 1.807) is 44.6 Å². The summed E-state index contributed by atoms with van der Waals surface area (Å²) in [5, 5.41) is 1.99. The van der Waals surface area contributed by atoms with Crippen molar-refractivity contribution in [3.05, 3.63) is 72.3 Å². The molecule has 156 valence electrons. The van der Waals surface area contributed by atoms with Gasteiger partial charge in [0.1, 0.15) is 11.5 Å². The Hall–Kier alpha value is -3.84. The summed E-state index contributed by atoms with van der Waals surface area (Å²) in [6.45, 7) is 0. The van der Waals surface area contributed by atoms with Gasteiger partial charge in [0.25, 0.3) is 5.91 Å². The predicted octanol–water partition coefficient (Wildman–Crippen LogP) is 3.44. The van der Waals surface area contributed by atoms with E-state index in [2.05, 4.69) is 5.48 Å². The van der Waals surface area contributed by atoms with Crippen molar-refractivity contribution in [3.8, 4) is 11.5 Å². The van der Waals surface area contributed by atoms with E-state index >= 15 is 0 Å². The van der Waals surface area contributed by atoms with Crippen molar-refractivity contribution in [2.45, 2.75) is 12.0 Å². The first-order valence-electron chi connectivity index (χ1n) is 9.80. The highest BCUT2D eigenvalue weighted by Crippen LogP contribution is 2.40. The summed E-state index contributed by atoms with van der Waals surface area (Å²) in [7, 11) is 3.12. The summed E-state index contributed by atoms with van der Waals surface area (Å²) in [6, 6.07) is 18.6. The molecule has 0 radical (unpaired) electrons. The fourth-order valence-corrected chi connectivity index (χ4v) is 4.04. The Morgan fingerprint density at radius 1 is 0.968 bits per heavy atom. The van der Waals surface area contributed by atoms with Crippen LogP contribution < -0.4 is 19.9 Å². The van der Waals surface area contributed by atoms with Gasteiger partial charge < -0.3 is 9.47 Å². The van der Waals surface area contributed by atoms with E-state index in [1.165, 1.54) is 4.90 Å². The number of amides is 2. The molecule has 1 saturated heterocycles. The number of carbonyl (C=O) groups is 2. The number of hydrogen-bond donors (Lipinski definition) is 1. The van der Waals surface area contributed by atoms with E-state index in [0.717, 1.165) is 10.8 Å². The van der Waals surface area contributed by atoms with Crippen molar-refractivity contribution in [3.63, 3.8) is 0 Å². The van der Waals surface area contributed by atoms with Gasteiger partial charge in [-0.2, -0.15) is 0 Å². The third kappa shape index (κ3) is 3.02. The summed E-state index contributed by atoms with van der Waals surface area (Å²) >= 11 is 0. The fraction of sp³-hybridized carbons (Fsp3) is 0.167. The zero-order valence-corrected chi connectivity index (χ0v) is 17.0. The van der Waals surface area contributed by atoms with Crippen molar-refractivity contribution in [2.24, 2.45) is 0 Å². The second-order valence-corrected chi connectivity index (χ2v) is 7.46. The van der Waals surface area contributed by atoms with Gasteiger partial charge in [0.2, 0.25) is 11.5 Å². The van der Waals surface area contributed by atoms with Crippen LogP contribution in [0.1, 0.15) is 12.0 Å². The molecular formula is C24H20N2O5. The van der Waals surface area contributed by atoms with E-state index in [1.807, 2.05) is 36.4 Å². The molecule has 1 fully saturated rings. The molecule has 7 nitrogen and oxygen atoms in total. The Morgan fingerprint density at radius 3 is 2.55 bits per heavy atom. The number of methoxy groups -OCH3 is 2. The molecular weight excluding hydrogens is 396 g/mol. The number of hydrogen-bond acceptors (Lipinski definition) is 6. The number of nitrogens with zero attached hydrogens (tertiary/aromatic N) is 1. The number of imide groups is 1. The fourth-order valence-electron chi connectivity index (χ4n) is 4.04. The maximum absolute atomic E-state index is 13.4. The monoisotopic (exact) mass is 416 g/mol. The highest BCUT2D eigenvalue weighted by Gasteiger charge is 2.55. The maximum atomic E-state index is 13.4. The van der Waals surface area contributed by atoms with Crippen LogP contribution in [-0.4, -0.2) is 31.6 Å². The van der Waals surface area contributed by atoms with Gasteiger partial charge in [-0.3, -0.25) is 19.9 Å². The van der Waals surface area contributed by atoms with E-state index < -0.39 is 11.5 Å². The smallest absolute Gasteiger partial charge is 0.273 e. The van der Waals surface area contributed by atoms with Crippen molar-refractivity contribution in [2.75, 3.05) is 19.1 Å². The molecule has 31 heavy (non-hydrogen) atoms. The lowest BCUT2D eigenvalue weighted by atomic mass is 9.99. The van der Waals surface area contributed by atoms with Gasteiger partial charge in [0.05, 0.1) is 32.0 Å². The maximum Gasteiger partial charge on any atom is 0.273 e. The van der Waals surface area contributed by atoms with Crippen LogP contribution >= 0.6 is 0 Å². The van der Waals surface area contributed by atoms with Crippen LogP contribution in [0.2, 0.25) is 0 Å². The third-order valence-corrected chi connectivity index (χ3v) is 5.64. The lowest BCUT2D eigenvalue weighted by molar-refractivity contribution is -0.136. The summed E-state index contributed by atoms with van der Waals surface area (Å²) in [4.78, 5) is 33.1. The number of fused-ring (bicyclic) bond motifs is 1. The number of ether oxygens (including phenoxy) is 2. The van der Waals surface area contributed by atoms with Crippen LogP contribution in [0.5, 0.6) is 11.5 Å². The summed E-state index contributed by atoms with van der Waals surface area (Å²) in [5.41, 5.74) is 3.19.